The van der Waals surface area contributed by atoms with Crippen molar-refractivity contribution in [2.75, 3.05) is 19.6 Å². The fraction of sp³-hybridized carbons (Fsp3) is 0.818. The normalized spacial score (nSPS) is 10.0. The summed E-state index contributed by atoms with van der Waals surface area (Å²) in [6.45, 7) is 6.06. The molecule has 4 nitrogen and oxygen atoms in total. The first-order valence-corrected chi connectivity index (χ1v) is 5.51. The van der Waals surface area contributed by atoms with Crippen molar-refractivity contribution >= 4 is 5.91 Å². The highest BCUT2D eigenvalue weighted by Gasteiger charge is 1.99. The number of carbonyl (C=O) groups excluding carboxylic acids is 1. The van der Waals surface area contributed by atoms with E-state index in [4.69, 9.17) is 5.26 Å². The molecule has 0 saturated carbocycles. The molecule has 1 amide bonds. The molecule has 0 aromatic heterocycles. The van der Waals surface area contributed by atoms with Crippen LogP contribution in [0.3, 0.4) is 0 Å². The van der Waals surface area contributed by atoms with E-state index in [-0.39, 0.29) is 5.91 Å². The minimum Gasteiger partial charge on any atom is -0.354 e. The van der Waals surface area contributed by atoms with Crippen molar-refractivity contribution in [3.63, 3.8) is 0 Å². The number of nitrogens with zero attached hydrogens (tertiary/aromatic N) is 1. The third kappa shape index (κ3) is 10.8. The largest absolute Gasteiger partial charge is 0.354 e. The van der Waals surface area contributed by atoms with Crippen LogP contribution in [-0.4, -0.2) is 25.5 Å². The van der Waals surface area contributed by atoms with E-state index >= 15 is 0 Å². The first-order chi connectivity index (χ1) is 7.16. The van der Waals surface area contributed by atoms with Crippen LogP contribution < -0.4 is 10.6 Å². The monoisotopic (exact) mass is 211 g/mol. The van der Waals surface area contributed by atoms with Crippen molar-refractivity contribution in [2.45, 2.75) is 33.1 Å². The van der Waals surface area contributed by atoms with Crippen LogP contribution in [0.4, 0.5) is 0 Å². The van der Waals surface area contributed by atoms with Gasteiger partial charge in [-0.1, -0.05) is 13.8 Å². The number of nitriles is 1. The van der Waals surface area contributed by atoms with Crippen LogP contribution in [-0.2, 0) is 4.79 Å². The zero-order chi connectivity index (χ0) is 11.5. The molecule has 0 atom stereocenters. The molecule has 15 heavy (non-hydrogen) atoms. The van der Waals surface area contributed by atoms with Gasteiger partial charge in [-0.15, -0.1) is 0 Å². The van der Waals surface area contributed by atoms with Crippen molar-refractivity contribution in [3.8, 4) is 6.07 Å². The van der Waals surface area contributed by atoms with Gasteiger partial charge in [0.25, 0.3) is 0 Å². The van der Waals surface area contributed by atoms with Crippen molar-refractivity contribution in [2.24, 2.45) is 5.92 Å². The maximum absolute atomic E-state index is 11.1. The van der Waals surface area contributed by atoms with Gasteiger partial charge in [0, 0.05) is 6.54 Å². The quantitative estimate of drug-likeness (QED) is 0.590. The molecule has 0 unspecified atom stereocenters. The van der Waals surface area contributed by atoms with Gasteiger partial charge in [-0.2, -0.15) is 5.26 Å². The first-order valence-electron chi connectivity index (χ1n) is 5.51. The van der Waals surface area contributed by atoms with E-state index in [1.54, 1.807) is 0 Å². The van der Waals surface area contributed by atoms with Gasteiger partial charge in [0.05, 0.1) is 19.0 Å². The first kappa shape index (κ1) is 13.9. The summed E-state index contributed by atoms with van der Waals surface area (Å²) < 4.78 is 0. The summed E-state index contributed by atoms with van der Waals surface area (Å²) in [5, 5.41) is 14.0. The Hall–Kier alpha value is -1.08. The van der Waals surface area contributed by atoms with Gasteiger partial charge in [0.1, 0.15) is 0 Å². The predicted octanol–water partition coefficient (Wildman–Crippen LogP) is 1.04. The second-order valence-electron chi connectivity index (χ2n) is 3.97. The number of nitrogens with one attached hydrogen (secondary N) is 2. The molecule has 2 N–H and O–H groups in total. The zero-order valence-corrected chi connectivity index (χ0v) is 9.68. The van der Waals surface area contributed by atoms with Crippen molar-refractivity contribution in [1.29, 1.82) is 5.26 Å². The molecule has 0 radical (unpaired) electrons. The van der Waals surface area contributed by atoms with Crippen LogP contribution >= 0.6 is 0 Å². The highest BCUT2D eigenvalue weighted by Crippen LogP contribution is 2.01. The molecular weight excluding hydrogens is 190 g/mol. The Morgan fingerprint density at radius 2 is 2.13 bits per heavy atom. The highest BCUT2D eigenvalue weighted by atomic mass is 16.1. The molecule has 0 rings (SSSR count). The minimum absolute atomic E-state index is 0.0326. The summed E-state index contributed by atoms with van der Waals surface area (Å²) in [4.78, 5) is 11.1. The van der Waals surface area contributed by atoms with Gasteiger partial charge in [-0.05, 0) is 25.3 Å². The number of hydrogen-bond donors (Lipinski definition) is 2. The molecule has 0 aliphatic heterocycles. The third-order valence-electron chi connectivity index (χ3n) is 1.98. The van der Waals surface area contributed by atoms with E-state index < -0.39 is 0 Å². The molecule has 86 valence electrons. The smallest absolute Gasteiger partial charge is 0.233 e. The number of amides is 1. The van der Waals surface area contributed by atoms with E-state index in [1.807, 2.05) is 6.07 Å². The maximum atomic E-state index is 11.1. The summed E-state index contributed by atoms with van der Waals surface area (Å²) in [6, 6.07) is 1.98. The van der Waals surface area contributed by atoms with E-state index in [0.717, 1.165) is 18.9 Å². The number of hydrogen-bond acceptors (Lipinski definition) is 3. The number of rotatable bonds is 8. The third-order valence-corrected chi connectivity index (χ3v) is 1.98. The fourth-order valence-corrected chi connectivity index (χ4v) is 1.16. The molecule has 0 aliphatic rings. The Bertz CT molecular complexity index is 208. The Kier molecular flexibility index (Phi) is 8.79. The molecule has 0 aromatic carbocycles. The van der Waals surface area contributed by atoms with Gasteiger partial charge in [0.15, 0.2) is 0 Å². The molecule has 0 saturated heterocycles. The van der Waals surface area contributed by atoms with Crippen LogP contribution in [0.2, 0.25) is 0 Å². The molecule has 0 fully saturated rings. The molecule has 0 heterocycles. The minimum atomic E-state index is -0.0326. The lowest BCUT2D eigenvalue weighted by Crippen LogP contribution is -2.34. The van der Waals surface area contributed by atoms with E-state index in [9.17, 15) is 4.79 Å². The summed E-state index contributed by atoms with van der Waals surface area (Å²) >= 11 is 0. The average molecular weight is 211 g/mol. The molecule has 4 heteroatoms. The van der Waals surface area contributed by atoms with Crippen LogP contribution in [0.5, 0.6) is 0 Å². The Morgan fingerprint density at radius 3 is 2.73 bits per heavy atom. The zero-order valence-electron chi connectivity index (χ0n) is 9.68. The number of carbonyl (C=O) groups is 1. The maximum Gasteiger partial charge on any atom is 0.233 e. The van der Waals surface area contributed by atoms with Crippen LogP contribution in [0.1, 0.15) is 33.1 Å². The van der Waals surface area contributed by atoms with Crippen LogP contribution in [0.25, 0.3) is 0 Å². The van der Waals surface area contributed by atoms with Gasteiger partial charge in [-0.25, -0.2) is 0 Å². The molecular formula is C11H21N3O. The van der Waals surface area contributed by atoms with Crippen molar-refractivity contribution in [1.82, 2.24) is 10.6 Å². The Morgan fingerprint density at radius 1 is 1.40 bits per heavy atom. The second kappa shape index (κ2) is 9.47. The van der Waals surface area contributed by atoms with E-state index in [2.05, 4.69) is 24.5 Å². The summed E-state index contributed by atoms with van der Waals surface area (Å²) in [5.41, 5.74) is 0. The summed E-state index contributed by atoms with van der Waals surface area (Å²) in [7, 11) is 0. The Balaban J connectivity index is 3.21. The SMILES string of the molecule is CC(C)CCCNCC(=O)NCCC#N. The topological polar surface area (TPSA) is 64.9 Å². The van der Waals surface area contributed by atoms with Gasteiger partial charge < -0.3 is 10.6 Å². The second-order valence-corrected chi connectivity index (χ2v) is 3.97. The lowest BCUT2D eigenvalue weighted by molar-refractivity contribution is -0.120. The standard InChI is InChI=1S/C11H21N3O/c1-10(2)5-3-7-13-9-11(15)14-8-4-6-12/h10,13H,3-5,7-9H2,1-2H3,(H,14,15). The molecule has 0 aromatic rings. The highest BCUT2D eigenvalue weighted by molar-refractivity contribution is 5.77. The predicted molar refractivity (Wildman–Crippen MR) is 60.2 cm³/mol. The molecule has 0 bridgehead atoms. The Labute approximate surface area is 92.0 Å². The van der Waals surface area contributed by atoms with Gasteiger partial charge in [0.2, 0.25) is 5.91 Å². The van der Waals surface area contributed by atoms with Crippen LogP contribution in [0, 0.1) is 17.2 Å². The fourth-order valence-electron chi connectivity index (χ4n) is 1.16. The van der Waals surface area contributed by atoms with Crippen LogP contribution in [0.15, 0.2) is 0 Å². The summed E-state index contributed by atoms with van der Waals surface area (Å²) in [5.74, 6) is 0.686. The van der Waals surface area contributed by atoms with E-state index in [1.165, 1.54) is 6.42 Å². The van der Waals surface area contributed by atoms with Gasteiger partial charge in [-0.3, -0.25) is 4.79 Å². The lowest BCUT2D eigenvalue weighted by Gasteiger charge is -2.06. The lowest BCUT2D eigenvalue weighted by atomic mass is 10.1. The van der Waals surface area contributed by atoms with Crippen molar-refractivity contribution in [3.05, 3.63) is 0 Å². The molecule has 0 aliphatic carbocycles. The van der Waals surface area contributed by atoms with E-state index in [0.29, 0.717) is 19.5 Å². The van der Waals surface area contributed by atoms with Gasteiger partial charge >= 0.3 is 0 Å². The average Bonchev–Trinajstić information content (AvgIpc) is 2.17. The molecule has 0 spiro atoms. The summed E-state index contributed by atoms with van der Waals surface area (Å²) in [6.07, 6.45) is 2.66. The van der Waals surface area contributed by atoms with Crippen molar-refractivity contribution < 1.29 is 4.79 Å².